The lowest BCUT2D eigenvalue weighted by Gasteiger charge is -2.29. The summed E-state index contributed by atoms with van der Waals surface area (Å²) in [4.78, 5) is 29.6. The van der Waals surface area contributed by atoms with Gasteiger partial charge < -0.3 is 20.0 Å². The summed E-state index contributed by atoms with van der Waals surface area (Å²) in [6.45, 7) is 0.485. The second-order valence-corrected chi connectivity index (χ2v) is 8.69. The van der Waals surface area contributed by atoms with Crippen molar-refractivity contribution in [3.05, 3.63) is 59.7 Å². The van der Waals surface area contributed by atoms with Crippen LogP contribution in [0.1, 0.15) is 39.8 Å². The number of para-hydroxylation sites is 2. The maximum absolute atomic E-state index is 13.1. The van der Waals surface area contributed by atoms with Crippen LogP contribution in [0, 0.1) is 0 Å². The first-order valence-corrected chi connectivity index (χ1v) is 10.9. The highest BCUT2D eigenvalue weighted by Crippen LogP contribution is 2.45. The molecule has 0 unspecified atom stereocenters. The third-order valence-corrected chi connectivity index (χ3v) is 6.86. The largest absolute Gasteiger partial charge is 0.356 e. The van der Waals surface area contributed by atoms with Crippen LogP contribution in [0.15, 0.2) is 48.5 Å². The number of nitrogens with zero attached hydrogens (tertiary/aromatic N) is 1. The van der Waals surface area contributed by atoms with E-state index in [0.717, 1.165) is 56.5 Å². The quantitative estimate of drug-likeness (QED) is 0.355. The fourth-order valence-corrected chi connectivity index (χ4v) is 5.53. The number of amides is 2. The van der Waals surface area contributed by atoms with Gasteiger partial charge in [-0.05, 0) is 25.0 Å². The zero-order valence-electron chi connectivity index (χ0n) is 17.1. The summed E-state index contributed by atoms with van der Waals surface area (Å²) in [5, 5.41) is 5.96. The Morgan fingerprint density at radius 2 is 1.62 bits per heavy atom. The van der Waals surface area contributed by atoms with E-state index in [2.05, 4.69) is 14.9 Å². The first-order chi connectivity index (χ1) is 15.6. The van der Waals surface area contributed by atoms with Crippen molar-refractivity contribution in [3.63, 3.8) is 0 Å². The third kappa shape index (κ3) is 2.16. The summed E-state index contributed by atoms with van der Waals surface area (Å²) in [7, 11) is 0. The third-order valence-electron chi connectivity index (χ3n) is 6.86. The van der Waals surface area contributed by atoms with Crippen LogP contribution < -0.4 is 11.1 Å². The highest BCUT2D eigenvalue weighted by molar-refractivity contribution is 6.39. The van der Waals surface area contributed by atoms with E-state index in [1.807, 2.05) is 48.5 Å². The van der Waals surface area contributed by atoms with E-state index in [-0.39, 0.29) is 24.1 Å². The Balaban J connectivity index is 1.75. The molecule has 7 nitrogen and oxygen atoms in total. The average Bonchev–Trinajstić information content (AvgIpc) is 3.44. The molecule has 3 aromatic carbocycles. The molecule has 0 saturated carbocycles. The van der Waals surface area contributed by atoms with Crippen molar-refractivity contribution in [2.45, 2.75) is 25.1 Å². The van der Waals surface area contributed by atoms with Gasteiger partial charge in [0.2, 0.25) is 0 Å². The highest BCUT2D eigenvalue weighted by atomic mass is 16.5. The van der Waals surface area contributed by atoms with Gasteiger partial charge in [-0.25, -0.2) is 0 Å². The molecule has 2 aliphatic heterocycles. The van der Waals surface area contributed by atoms with Gasteiger partial charge in [-0.15, -0.1) is 0 Å². The van der Waals surface area contributed by atoms with Crippen molar-refractivity contribution in [2.75, 3.05) is 6.61 Å². The summed E-state index contributed by atoms with van der Waals surface area (Å²) in [5.41, 5.74) is 10.6. The van der Waals surface area contributed by atoms with Crippen molar-refractivity contribution in [2.24, 2.45) is 5.73 Å². The van der Waals surface area contributed by atoms with Gasteiger partial charge in [0.05, 0.1) is 34.3 Å². The minimum atomic E-state index is -0.350. The predicted molar refractivity (Wildman–Crippen MR) is 123 cm³/mol. The number of aromatic nitrogens is 2. The second kappa shape index (κ2) is 6.18. The van der Waals surface area contributed by atoms with E-state index < -0.39 is 0 Å². The summed E-state index contributed by atoms with van der Waals surface area (Å²) in [6.07, 6.45) is 1.43. The lowest BCUT2D eigenvalue weighted by atomic mass is 9.96. The van der Waals surface area contributed by atoms with Crippen molar-refractivity contribution in [3.8, 4) is 0 Å². The molecule has 0 radical (unpaired) electrons. The number of aromatic amines is 1. The number of H-pyrrole nitrogens is 1. The standard InChI is InChI=1S/C25H20N4O3/c26-12-9-10-17(32-11-12)29-16-8-4-2-6-14(16)19-21-20(24(30)28-25(21)31)18-13-5-1-3-7-15(13)27-22(18)23(19)29/h1-8,12,17,27H,9-11,26H2,(H,28,30,31)/t12-,17-/m1/s1. The van der Waals surface area contributed by atoms with E-state index in [1.54, 1.807) is 0 Å². The van der Waals surface area contributed by atoms with Crippen LogP contribution in [0.25, 0.3) is 43.6 Å². The van der Waals surface area contributed by atoms with Gasteiger partial charge in [0.1, 0.15) is 6.23 Å². The first kappa shape index (κ1) is 17.9. The van der Waals surface area contributed by atoms with Gasteiger partial charge in [-0.3, -0.25) is 14.9 Å². The fourth-order valence-electron chi connectivity index (χ4n) is 5.53. The molecule has 0 aliphatic carbocycles. The van der Waals surface area contributed by atoms with Crippen LogP contribution >= 0.6 is 0 Å². The van der Waals surface area contributed by atoms with Crippen molar-refractivity contribution < 1.29 is 14.3 Å². The lowest BCUT2D eigenvalue weighted by Crippen LogP contribution is -2.34. The van der Waals surface area contributed by atoms with E-state index in [9.17, 15) is 9.59 Å². The van der Waals surface area contributed by atoms with Gasteiger partial charge >= 0.3 is 0 Å². The summed E-state index contributed by atoms with van der Waals surface area (Å²) in [5.74, 6) is -0.699. The van der Waals surface area contributed by atoms with Crippen LogP contribution in [-0.4, -0.2) is 34.0 Å². The number of rotatable bonds is 1. The molecule has 2 amide bonds. The van der Waals surface area contributed by atoms with Crippen LogP contribution in [0.2, 0.25) is 0 Å². The Hall–Kier alpha value is -3.68. The van der Waals surface area contributed by atoms with Gasteiger partial charge in [0, 0.05) is 33.1 Å². The SMILES string of the molecule is N[C@@H]1CC[C@H](n2c3ccccc3c3c4c(c5c6ccccc6[nH]c5c32)C(=O)NC4=O)OC1. The van der Waals surface area contributed by atoms with E-state index in [4.69, 9.17) is 10.5 Å². The number of benzene rings is 3. The monoisotopic (exact) mass is 424 g/mol. The van der Waals surface area contributed by atoms with Crippen LogP contribution in [0.3, 0.4) is 0 Å². The second-order valence-electron chi connectivity index (χ2n) is 8.69. The Bertz CT molecular complexity index is 1620. The molecule has 7 heteroatoms. The van der Waals surface area contributed by atoms with Crippen molar-refractivity contribution in [1.29, 1.82) is 0 Å². The lowest BCUT2D eigenvalue weighted by molar-refractivity contribution is -0.0356. The molecule has 0 bridgehead atoms. The molecule has 5 aromatic rings. The molecular formula is C25H20N4O3. The molecule has 1 fully saturated rings. The Kier molecular flexibility index (Phi) is 3.47. The van der Waals surface area contributed by atoms with Crippen molar-refractivity contribution in [1.82, 2.24) is 14.9 Å². The first-order valence-electron chi connectivity index (χ1n) is 10.9. The van der Waals surface area contributed by atoms with Gasteiger partial charge in [-0.1, -0.05) is 36.4 Å². The van der Waals surface area contributed by atoms with Crippen LogP contribution in [0.4, 0.5) is 0 Å². The predicted octanol–water partition coefficient (Wildman–Crippen LogP) is 3.95. The molecule has 158 valence electrons. The molecule has 2 aromatic heterocycles. The smallest absolute Gasteiger partial charge is 0.259 e. The number of hydrogen-bond donors (Lipinski definition) is 3. The van der Waals surface area contributed by atoms with Gasteiger partial charge in [0.15, 0.2) is 0 Å². The Morgan fingerprint density at radius 1 is 0.906 bits per heavy atom. The van der Waals surface area contributed by atoms with Gasteiger partial charge in [0.25, 0.3) is 11.8 Å². The highest BCUT2D eigenvalue weighted by Gasteiger charge is 2.36. The fraction of sp³-hybridized carbons (Fsp3) is 0.200. The van der Waals surface area contributed by atoms with E-state index in [0.29, 0.717) is 17.7 Å². The summed E-state index contributed by atoms with van der Waals surface area (Å²) in [6, 6.07) is 15.9. The van der Waals surface area contributed by atoms with Gasteiger partial charge in [-0.2, -0.15) is 0 Å². The number of carbonyl (C=O) groups is 2. The molecular weight excluding hydrogens is 404 g/mol. The number of nitrogens with two attached hydrogens (primary N) is 1. The number of carbonyl (C=O) groups excluding carboxylic acids is 2. The maximum Gasteiger partial charge on any atom is 0.259 e. The van der Waals surface area contributed by atoms with E-state index in [1.165, 1.54) is 0 Å². The van der Waals surface area contributed by atoms with E-state index >= 15 is 0 Å². The molecule has 2 aliphatic rings. The van der Waals surface area contributed by atoms with Crippen LogP contribution in [-0.2, 0) is 4.74 Å². The molecule has 0 spiro atoms. The molecule has 2 atom stereocenters. The topological polar surface area (TPSA) is 102 Å². The normalized spacial score (nSPS) is 21.2. The minimum absolute atomic E-state index is 0.0279. The average molecular weight is 424 g/mol. The number of ether oxygens (including phenoxy) is 1. The maximum atomic E-state index is 13.1. The van der Waals surface area contributed by atoms with Crippen LogP contribution in [0.5, 0.6) is 0 Å². The Labute approximate surface area is 182 Å². The molecule has 4 N–H and O–H groups in total. The summed E-state index contributed by atoms with van der Waals surface area (Å²) >= 11 is 0. The molecule has 7 rings (SSSR count). The zero-order chi connectivity index (χ0) is 21.6. The Morgan fingerprint density at radius 3 is 2.41 bits per heavy atom. The number of fused-ring (bicyclic) bond motifs is 10. The summed E-state index contributed by atoms with van der Waals surface area (Å²) < 4.78 is 8.38. The number of hydrogen-bond acceptors (Lipinski definition) is 4. The molecule has 4 heterocycles. The number of imide groups is 1. The molecule has 1 saturated heterocycles. The number of nitrogens with one attached hydrogen (secondary N) is 2. The molecule has 32 heavy (non-hydrogen) atoms. The van der Waals surface area contributed by atoms with Crippen molar-refractivity contribution >= 4 is 55.4 Å². The zero-order valence-corrected chi connectivity index (χ0v) is 17.1. The minimum Gasteiger partial charge on any atom is -0.356 e.